The number of carboxylic acids is 1. The molecule has 0 spiro atoms. The summed E-state index contributed by atoms with van der Waals surface area (Å²) in [7, 11) is 2.79. The van der Waals surface area contributed by atoms with Crippen LogP contribution >= 0.6 is 10.7 Å². The lowest BCUT2D eigenvalue weighted by Gasteiger charge is -2.10. The van der Waals surface area contributed by atoms with Gasteiger partial charge in [-0.3, -0.25) is 0 Å². The first-order valence-corrected chi connectivity index (χ1v) is 8.11. The second-order valence-electron chi connectivity index (χ2n) is 3.95. The van der Waals surface area contributed by atoms with E-state index in [0.29, 0.717) is 13.0 Å². The van der Waals surface area contributed by atoms with Crippen LogP contribution in [0, 0.1) is 0 Å². The lowest BCUT2D eigenvalue weighted by Crippen LogP contribution is -2.05. The van der Waals surface area contributed by atoms with Gasteiger partial charge < -0.3 is 14.6 Å². The third-order valence-electron chi connectivity index (χ3n) is 2.45. The normalized spacial score (nSPS) is 11.3. The molecule has 0 unspecified atom stereocenters. The van der Waals surface area contributed by atoms with E-state index in [1.165, 1.54) is 12.1 Å². The summed E-state index contributed by atoms with van der Waals surface area (Å²) >= 11 is 0. The quantitative estimate of drug-likeness (QED) is 0.582. The highest BCUT2D eigenvalue weighted by Gasteiger charge is 2.19. The van der Waals surface area contributed by atoms with Gasteiger partial charge in [-0.25, -0.2) is 13.2 Å². The van der Waals surface area contributed by atoms with Crippen LogP contribution in [0.2, 0.25) is 0 Å². The van der Waals surface area contributed by atoms with Crippen LogP contribution < -0.4 is 4.74 Å². The highest BCUT2D eigenvalue weighted by molar-refractivity contribution is 8.13. The van der Waals surface area contributed by atoms with Crippen molar-refractivity contribution in [3.05, 3.63) is 23.8 Å². The fraction of sp³-hybridized carbons (Fsp3) is 0.417. The molecular formula is C12H15ClO6S. The number of ether oxygens (including phenoxy) is 2. The molecule has 0 radical (unpaired) electrons. The minimum atomic E-state index is -4.08. The average Bonchev–Trinajstić information content (AvgIpc) is 2.37. The van der Waals surface area contributed by atoms with E-state index < -0.39 is 15.0 Å². The van der Waals surface area contributed by atoms with E-state index in [1.54, 1.807) is 7.11 Å². The van der Waals surface area contributed by atoms with E-state index in [-0.39, 0.29) is 22.8 Å². The van der Waals surface area contributed by atoms with Crippen LogP contribution in [0.15, 0.2) is 23.1 Å². The first kappa shape index (κ1) is 16.7. The van der Waals surface area contributed by atoms with E-state index in [1.807, 2.05) is 0 Å². The van der Waals surface area contributed by atoms with Gasteiger partial charge in [0.2, 0.25) is 0 Å². The molecule has 0 aromatic heterocycles. The van der Waals surface area contributed by atoms with Gasteiger partial charge in [-0.15, -0.1) is 0 Å². The number of benzene rings is 1. The fourth-order valence-electron chi connectivity index (χ4n) is 1.48. The average molecular weight is 323 g/mol. The standard InChI is InChI=1S/C12H15ClO6S/c1-18-6-2-3-7-19-10-5-4-9(12(14)15)8-11(10)20(13,16)17/h4-5,8H,2-3,6-7H2,1H3,(H,14,15). The summed E-state index contributed by atoms with van der Waals surface area (Å²) in [6.45, 7) is 0.872. The predicted octanol–water partition coefficient (Wildman–Crippen LogP) is 2.12. The number of halogens is 1. The smallest absolute Gasteiger partial charge is 0.335 e. The van der Waals surface area contributed by atoms with Crippen LogP contribution in [-0.2, 0) is 13.8 Å². The Morgan fingerprint density at radius 2 is 1.95 bits per heavy atom. The van der Waals surface area contributed by atoms with Crippen molar-refractivity contribution in [1.82, 2.24) is 0 Å². The molecule has 0 aliphatic carbocycles. The summed E-state index contributed by atoms with van der Waals surface area (Å²) in [4.78, 5) is 10.5. The lowest BCUT2D eigenvalue weighted by atomic mass is 10.2. The molecule has 0 saturated heterocycles. The zero-order valence-electron chi connectivity index (χ0n) is 10.8. The summed E-state index contributed by atoms with van der Waals surface area (Å²) < 4.78 is 33.1. The third kappa shape index (κ3) is 4.99. The monoisotopic (exact) mass is 322 g/mol. The minimum Gasteiger partial charge on any atom is -0.492 e. The Balaban J connectivity index is 2.87. The second-order valence-corrected chi connectivity index (χ2v) is 6.49. The second kappa shape index (κ2) is 7.47. The van der Waals surface area contributed by atoms with Gasteiger partial charge in [0.15, 0.2) is 0 Å². The molecule has 0 amide bonds. The number of methoxy groups -OCH3 is 1. The molecule has 8 heteroatoms. The van der Waals surface area contributed by atoms with Gasteiger partial charge >= 0.3 is 5.97 Å². The molecule has 1 aromatic rings. The molecule has 1 aromatic carbocycles. The molecule has 0 saturated carbocycles. The van der Waals surface area contributed by atoms with Crippen LogP contribution in [0.5, 0.6) is 5.75 Å². The first-order valence-electron chi connectivity index (χ1n) is 5.80. The van der Waals surface area contributed by atoms with Crippen LogP contribution in [0.4, 0.5) is 0 Å². The van der Waals surface area contributed by atoms with Crippen molar-refractivity contribution in [2.45, 2.75) is 17.7 Å². The maximum absolute atomic E-state index is 11.4. The van der Waals surface area contributed by atoms with Crippen molar-refractivity contribution >= 4 is 25.7 Å². The Bertz CT molecular complexity index is 569. The van der Waals surface area contributed by atoms with Crippen molar-refractivity contribution < 1.29 is 27.8 Å². The van der Waals surface area contributed by atoms with Crippen LogP contribution in [0.3, 0.4) is 0 Å². The Hall–Kier alpha value is -1.31. The highest BCUT2D eigenvalue weighted by atomic mass is 35.7. The summed E-state index contributed by atoms with van der Waals surface area (Å²) in [6.07, 6.45) is 1.45. The molecule has 112 valence electrons. The zero-order valence-corrected chi connectivity index (χ0v) is 12.4. The van der Waals surface area contributed by atoms with Gasteiger partial charge in [0.05, 0.1) is 12.2 Å². The Morgan fingerprint density at radius 1 is 1.30 bits per heavy atom. The molecule has 1 N–H and O–H groups in total. The number of aromatic carboxylic acids is 1. The molecule has 6 nitrogen and oxygen atoms in total. The van der Waals surface area contributed by atoms with E-state index in [9.17, 15) is 13.2 Å². The van der Waals surface area contributed by atoms with Gasteiger partial charge in [-0.05, 0) is 31.0 Å². The molecule has 0 bridgehead atoms. The first-order chi connectivity index (χ1) is 9.36. The van der Waals surface area contributed by atoms with Crippen molar-refractivity contribution in [2.75, 3.05) is 20.3 Å². The Kier molecular flexibility index (Phi) is 6.25. The number of unbranched alkanes of at least 4 members (excludes halogenated alkanes) is 1. The van der Waals surface area contributed by atoms with Gasteiger partial charge in [0.25, 0.3) is 9.05 Å². The maximum Gasteiger partial charge on any atom is 0.335 e. The number of hydrogen-bond acceptors (Lipinski definition) is 5. The summed E-state index contributed by atoms with van der Waals surface area (Å²) in [5.74, 6) is -1.19. The molecule has 0 aliphatic rings. The molecule has 0 atom stereocenters. The molecular weight excluding hydrogens is 308 g/mol. The summed E-state index contributed by atoms with van der Waals surface area (Å²) in [5.41, 5.74) is -0.170. The van der Waals surface area contributed by atoms with E-state index in [2.05, 4.69) is 0 Å². The SMILES string of the molecule is COCCCCOc1ccc(C(=O)O)cc1S(=O)(=O)Cl. The Labute approximate surface area is 121 Å². The van der Waals surface area contributed by atoms with Crippen LogP contribution in [-0.4, -0.2) is 39.8 Å². The van der Waals surface area contributed by atoms with Gasteiger partial charge in [-0.1, -0.05) is 0 Å². The molecule has 0 fully saturated rings. The van der Waals surface area contributed by atoms with Gasteiger partial charge in [0, 0.05) is 24.4 Å². The van der Waals surface area contributed by atoms with Crippen molar-refractivity contribution in [2.24, 2.45) is 0 Å². The third-order valence-corrected chi connectivity index (χ3v) is 3.80. The predicted molar refractivity (Wildman–Crippen MR) is 73.0 cm³/mol. The van der Waals surface area contributed by atoms with Crippen molar-refractivity contribution in [3.8, 4) is 5.75 Å². The lowest BCUT2D eigenvalue weighted by molar-refractivity contribution is 0.0696. The van der Waals surface area contributed by atoms with E-state index >= 15 is 0 Å². The highest BCUT2D eigenvalue weighted by Crippen LogP contribution is 2.28. The van der Waals surface area contributed by atoms with Crippen molar-refractivity contribution in [3.63, 3.8) is 0 Å². The van der Waals surface area contributed by atoms with Crippen LogP contribution in [0.1, 0.15) is 23.2 Å². The topological polar surface area (TPSA) is 89.9 Å². The van der Waals surface area contributed by atoms with E-state index in [0.717, 1.165) is 12.5 Å². The summed E-state index contributed by atoms with van der Waals surface area (Å²) in [6, 6.07) is 3.53. The number of rotatable bonds is 8. The van der Waals surface area contributed by atoms with Crippen LogP contribution in [0.25, 0.3) is 0 Å². The number of carbonyl (C=O) groups is 1. The Morgan fingerprint density at radius 3 is 2.50 bits per heavy atom. The van der Waals surface area contributed by atoms with Gasteiger partial charge in [-0.2, -0.15) is 0 Å². The van der Waals surface area contributed by atoms with E-state index in [4.69, 9.17) is 25.3 Å². The van der Waals surface area contributed by atoms with Gasteiger partial charge in [0.1, 0.15) is 10.6 Å². The fourth-order valence-corrected chi connectivity index (χ4v) is 2.48. The zero-order chi connectivity index (χ0) is 15.2. The van der Waals surface area contributed by atoms with Crippen molar-refractivity contribution in [1.29, 1.82) is 0 Å². The molecule has 0 aliphatic heterocycles. The summed E-state index contributed by atoms with van der Waals surface area (Å²) in [5, 5.41) is 8.85. The molecule has 1 rings (SSSR count). The number of hydrogen-bond donors (Lipinski definition) is 1. The molecule has 20 heavy (non-hydrogen) atoms. The molecule has 0 heterocycles. The number of carboxylic acid groups (broad SMARTS) is 1. The minimum absolute atomic E-state index is 0.0439. The maximum atomic E-state index is 11.4. The largest absolute Gasteiger partial charge is 0.492 e.